The number of carboxylic acid groups (broad SMARTS) is 1. The molecule has 0 aliphatic heterocycles. The Kier molecular flexibility index (Phi) is 4.70. The molecule has 0 bridgehead atoms. The molecule has 1 aliphatic carbocycles. The summed E-state index contributed by atoms with van der Waals surface area (Å²) in [5.41, 5.74) is 1.83. The molecule has 2 aromatic rings. The molecule has 0 saturated heterocycles. The molecule has 1 aromatic heterocycles. The number of carbonyl (C=O) groups excluding carboxylic acids is 1. The van der Waals surface area contributed by atoms with E-state index in [1.165, 1.54) is 4.90 Å². The second-order valence-corrected chi connectivity index (χ2v) is 6.09. The average Bonchev–Trinajstić information content (AvgIpc) is 3.46. The van der Waals surface area contributed by atoms with Crippen LogP contribution in [0.15, 0.2) is 42.6 Å². The zero-order valence-corrected chi connectivity index (χ0v) is 14.2. The summed E-state index contributed by atoms with van der Waals surface area (Å²) in [6, 6.07) is 9.75. The van der Waals surface area contributed by atoms with Crippen LogP contribution >= 0.6 is 0 Å². The molecule has 1 aliphatic rings. The number of benzene rings is 1. The van der Waals surface area contributed by atoms with Gasteiger partial charge in [0.15, 0.2) is 0 Å². The van der Waals surface area contributed by atoms with Crippen molar-refractivity contribution in [3.05, 3.63) is 48.2 Å². The van der Waals surface area contributed by atoms with E-state index < -0.39 is 12.0 Å². The van der Waals surface area contributed by atoms with E-state index in [1.54, 1.807) is 38.4 Å². The maximum Gasteiger partial charge on any atom is 0.326 e. The van der Waals surface area contributed by atoms with Gasteiger partial charge in [0.25, 0.3) is 5.91 Å². The molecule has 25 heavy (non-hydrogen) atoms. The molecule has 1 saturated carbocycles. The predicted octanol–water partition coefficient (Wildman–Crippen LogP) is 2.83. The fourth-order valence-electron chi connectivity index (χ4n) is 2.84. The van der Waals surface area contributed by atoms with Crippen LogP contribution in [-0.2, 0) is 4.79 Å². The minimum absolute atomic E-state index is 0.000924. The first-order chi connectivity index (χ1) is 12.0. The van der Waals surface area contributed by atoms with Gasteiger partial charge in [-0.2, -0.15) is 0 Å². The first kappa shape index (κ1) is 17.0. The normalized spacial score (nSPS) is 14.6. The van der Waals surface area contributed by atoms with Crippen molar-refractivity contribution in [2.24, 2.45) is 0 Å². The number of rotatable bonds is 6. The fraction of sp³-hybridized carbons (Fsp3) is 0.316. The molecule has 6 nitrogen and oxygen atoms in total. The van der Waals surface area contributed by atoms with E-state index in [2.05, 4.69) is 4.98 Å². The van der Waals surface area contributed by atoms with Crippen LogP contribution in [0.3, 0.4) is 0 Å². The van der Waals surface area contributed by atoms with Gasteiger partial charge < -0.3 is 14.7 Å². The minimum atomic E-state index is -1.00. The van der Waals surface area contributed by atoms with Gasteiger partial charge in [0.2, 0.25) is 0 Å². The Morgan fingerprint density at radius 2 is 2.04 bits per heavy atom. The Bertz CT molecular complexity index is 787. The topological polar surface area (TPSA) is 79.7 Å². The van der Waals surface area contributed by atoms with E-state index in [4.69, 9.17) is 4.74 Å². The molecule has 1 fully saturated rings. The van der Waals surface area contributed by atoms with Crippen molar-refractivity contribution >= 4 is 11.9 Å². The average molecular weight is 340 g/mol. The number of nitrogens with zero attached hydrogens (tertiary/aromatic N) is 2. The molecule has 1 heterocycles. The number of carboxylic acids is 1. The molecule has 1 N–H and O–H groups in total. The van der Waals surface area contributed by atoms with E-state index >= 15 is 0 Å². The van der Waals surface area contributed by atoms with E-state index in [-0.39, 0.29) is 11.9 Å². The quantitative estimate of drug-likeness (QED) is 0.875. The summed E-state index contributed by atoms with van der Waals surface area (Å²) in [4.78, 5) is 30.1. The molecular weight excluding hydrogens is 320 g/mol. The zero-order chi connectivity index (χ0) is 18.0. The Morgan fingerprint density at radius 1 is 1.28 bits per heavy atom. The van der Waals surface area contributed by atoms with E-state index in [1.807, 2.05) is 18.2 Å². The zero-order valence-electron chi connectivity index (χ0n) is 14.2. The number of hydrogen-bond donors (Lipinski definition) is 1. The second kappa shape index (κ2) is 6.93. The number of pyridine rings is 1. The predicted molar refractivity (Wildman–Crippen MR) is 92.5 cm³/mol. The van der Waals surface area contributed by atoms with Crippen LogP contribution in [0.5, 0.6) is 5.75 Å². The Labute approximate surface area is 146 Å². The summed E-state index contributed by atoms with van der Waals surface area (Å²) in [5.74, 6) is -0.671. The summed E-state index contributed by atoms with van der Waals surface area (Å²) in [7, 11) is 1.56. The highest BCUT2D eigenvalue weighted by atomic mass is 16.5. The van der Waals surface area contributed by atoms with Crippen LogP contribution in [0.1, 0.15) is 30.1 Å². The van der Waals surface area contributed by atoms with Gasteiger partial charge in [0.05, 0.1) is 12.8 Å². The number of ether oxygens (including phenoxy) is 1. The van der Waals surface area contributed by atoms with Crippen LogP contribution in [-0.4, -0.2) is 46.1 Å². The standard InChI is InChI=1S/C19H20N2O4/c1-12(19(23)24)21(14-7-8-14)18(22)13-6-9-17(25-2)15(11-13)16-5-3-4-10-20-16/h3-6,9-12,14H,7-8H2,1-2H3,(H,23,24). The third kappa shape index (κ3) is 3.47. The molecule has 1 unspecified atom stereocenters. The Morgan fingerprint density at radius 3 is 2.60 bits per heavy atom. The second-order valence-electron chi connectivity index (χ2n) is 6.09. The van der Waals surface area contributed by atoms with E-state index in [0.29, 0.717) is 22.6 Å². The van der Waals surface area contributed by atoms with Crippen molar-refractivity contribution in [1.82, 2.24) is 9.88 Å². The van der Waals surface area contributed by atoms with Gasteiger partial charge in [-0.25, -0.2) is 4.79 Å². The molecular formula is C19H20N2O4. The summed E-state index contributed by atoms with van der Waals surface area (Å²) in [5, 5.41) is 9.32. The van der Waals surface area contributed by atoms with Crippen LogP contribution in [0.2, 0.25) is 0 Å². The van der Waals surface area contributed by atoms with Gasteiger partial charge in [-0.3, -0.25) is 9.78 Å². The lowest BCUT2D eigenvalue weighted by molar-refractivity contribution is -0.141. The summed E-state index contributed by atoms with van der Waals surface area (Å²) in [6.07, 6.45) is 3.35. The number of carbonyl (C=O) groups is 2. The first-order valence-corrected chi connectivity index (χ1v) is 8.18. The SMILES string of the molecule is COc1ccc(C(=O)N(C2CC2)C(C)C(=O)O)cc1-c1ccccn1. The van der Waals surface area contributed by atoms with Gasteiger partial charge >= 0.3 is 5.97 Å². The Hall–Kier alpha value is -2.89. The van der Waals surface area contributed by atoms with Crippen molar-refractivity contribution in [3.63, 3.8) is 0 Å². The number of methoxy groups -OCH3 is 1. The van der Waals surface area contributed by atoms with Crippen LogP contribution in [0.4, 0.5) is 0 Å². The molecule has 1 aromatic carbocycles. The lowest BCUT2D eigenvalue weighted by Crippen LogP contribution is -2.44. The Balaban J connectivity index is 1.99. The van der Waals surface area contributed by atoms with Gasteiger partial charge in [-0.15, -0.1) is 0 Å². The lowest BCUT2D eigenvalue weighted by Gasteiger charge is -2.26. The molecule has 0 radical (unpaired) electrons. The highest BCUT2D eigenvalue weighted by Gasteiger charge is 2.38. The monoisotopic (exact) mass is 340 g/mol. The van der Waals surface area contributed by atoms with Crippen LogP contribution < -0.4 is 4.74 Å². The molecule has 1 atom stereocenters. The minimum Gasteiger partial charge on any atom is -0.496 e. The number of hydrogen-bond acceptors (Lipinski definition) is 4. The number of aromatic nitrogens is 1. The van der Waals surface area contributed by atoms with Crippen molar-refractivity contribution in [3.8, 4) is 17.0 Å². The maximum atomic E-state index is 13.0. The van der Waals surface area contributed by atoms with Crippen molar-refractivity contribution in [2.45, 2.75) is 31.8 Å². The molecule has 1 amide bonds. The first-order valence-electron chi connectivity index (χ1n) is 8.18. The van der Waals surface area contributed by atoms with E-state index in [9.17, 15) is 14.7 Å². The van der Waals surface area contributed by atoms with E-state index in [0.717, 1.165) is 12.8 Å². The summed E-state index contributed by atoms with van der Waals surface area (Å²) < 4.78 is 5.38. The molecule has 130 valence electrons. The van der Waals surface area contributed by atoms with Crippen molar-refractivity contribution in [1.29, 1.82) is 0 Å². The molecule has 3 rings (SSSR count). The fourth-order valence-corrected chi connectivity index (χ4v) is 2.84. The van der Waals surface area contributed by atoms with Gasteiger partial charge in [-0.1, -0.05) is 6.07 Å². The highest BCUT2D eigenvalue weighted by Crippen LogP contribution is 2.33. The van der Waals surface area contributed by atoms with Gasteiger partial charge in [0, 0.05) is 23.4 Å². The number of amides is 1. The van der Waals surface area contributed by atoms with Crippen molar-refractivity contribution < 1.29 is 19.4 Å². The van der Waals surface area contributed by atoms with Gasteiger partial charge in [0.1, 0.15) is 11.8 Å². The summed E-state index contributed by atoms with van der Waals surface area (Å²) >= 11 is 0. The highest BCUT2D eigenvalue weighted by molar-refractivity contribution is 5.98. The maximum absolute atomic E-state index is 13.0. The van der Waals surface area contributed by atoms with Crippen molar-refractivity contribution in [2.75, 3.05) is 7.11 Å². The lowest BCUT2D eigenvalue weighted by atomic mass is 10.0. The molecule has 6 heteroatoms. The van der Waals surface area contributed by atoms with Crippen LogP contribution in [0.25, 0.3) is 11.3 Å². The van der Waals surface area contributed by atoms with Crippen LogP contribution in [0, 0.1) is 0 Å². The largest absolute Gasteiger partial charge is 0.496 e. The third-order valence-electron chi connectivity index (χ3n) is 4.34. The van der Waals surface area contributed by atoms with Gasteiger partial charge in [-0.05, 0) is 50.1 Å². The molecule has 0 spiro atoms. The third-order valence-corrected chi connectivity index (χ3v) is 4.34. The number of aliphatic carboxylic acids is 1. The smallest absolute Gasteiger partial charge is 0.326 e. The summed E-state index contributed by atoms with van der Waals surface area (Å²) in [6.45, 7) is 1.54.